The molecule has 9 nitrogen and oxygen atoms in total. The minimum absolute atomic E-state index is 0.0806. The zero-order valence-electron chi connectivity index (χ0n) is 18.5. The van der Waals surface area contributed by atoms with Crippen molar-refractivity contribution in [2.75, 3.05) is 26.2 Å². The topological polar surface area (TPSA) is 133 Å². The van der Waals surface area contributed by atoms with Crippen LogP contribution in [-0.4, -0.2) is 65.5 Å². The minimum Gasteiger partial charge on any atom is -0.384 e. The van der Waals surface area contributed by atoms with Crippen molar-refractivity contribution in [3.63, 3.8) is 0 Å². The number of amidine groups is 1. The molecule has 0 saturated carbocycles. The number of nitrogens with zero attached hydrogens (tertiary/aromatic N) is 4. The van der Waals surface area contributed by atoms with Crippen LogP contribution in [0.1, 0.15) is 26.5 Å². The molecule has 176 valence electrons. The Kier molecular flexibility index (Phi) is 6.87. The number of sulfonamides is 1. The maximum atomic E-state index is 13.1. The third-order valence-electron chi connectivity index (χ3n) is 5.43. The predicted octanol–water partition coefficient (Wildman–Crippen LogP) is 2.56. The van der Waals surface area contributed by atoms with Crippen molar-refractivity contribution in [2.45, 2.75) is 6.92 Å². The Labute approximate surface area is 202 Å². The lowest BCUT2D eigenvalue weighted by molar-refractivity contribution is 0.0702. The van der Waals surface area contributed by atoms with Gasteiger partial charge in [0.25, 0.3) is 5.91 Å². The molecule has 1 fully saturated rings. The van der Waals surface area contributed by atoms with Crippen LogP contribution in [0.15, 0.2) is 54.2 Å². The summed E-state index contributed by atoms with van der Waals surface area (Å²) < 4.78 is 27.0. The van der Waals surface area contributed by atoms with Gasteiger partial charge in [-0.25, -0.2) is 13.4 Å². The first kappa shape index (κ1) is 23.7. The lowest BCUT2D eigenvalue weighted by Gasteiger charge is -2.33. The molecule has 4 rings (SSSR count). The molecule has 0 spiro atoms. The molecule has 3 aromatic rings. The van der Waals surface area contributed by atoms with E-state index in [0.29, 0.717) is 34.8 Å². The molecule has 0 radical (unpaired) electrons. The predicted molar refractivity (Wildman–Crippen MR) is 133 cm³/mol. The highest BCUT2D eigenvalue weighted by Gasteiger charge is 2.29. The number of aryl methyl sites for hydroxylation is 1. The van der Waals surface area contributed by atoms with Crippen molar-refractivity contribution < 1.29 is 13.2 Å². The van der Waals surface area contributed by atoms with Gasteiger partial charge in [0.1, 0.15) is 15.7 Å². The Hall–Kier alpha value is -3.41. The monoisotopic (exact) mass is 496 g/mol. The van der Waals surface area contributed by atoms with Crippen LogP contribution in [0.4, 0.5) is 0 Å². The van der Waals surface area contributed by atoms with Crippen LogP contribution in [0.3, 0.4) is 0 Å². The van der Waals surface area contributed by atoms with Crippen molar-refractivity contribution >= 4 is 39.2 Å². The van der Waals surface area contributed by atoms with Crippen molar-refractivity contribution in [3.05, 3.63) is 75.9 Å². The van der Waals surface area contributed by atoms with Gasteiger partial charge in [-0.15, -0.1) is 11.3 Å². The number of aromatic nitrogens is 2. The molecule has 1 aliphatic rings. The van der Waals surface area contributed by atoms with Crippen molar-refractivity contribution in [3.8, 4) is 10.6 Å². The summed E-state index contributed by atoms with van der Waals surface area (Å²) in [5.41, 5.74) is 8.22. The summed E-state index contributed by atoms with van der Waals surface area (Å²) in [7, 11) is -3.65. The van der Waals surface area contributed by atoms with Crippen molar-refractivity contribution in [1.29, 1.82) is 5.41 Å². The molecule has 34 heavy (non-hydrogen) atoms. The van der Waals surface area contributed by atoms with E-state index in [1.807, 2.05) is 12.1 Å². The molecule has 2 aromatic heterocycles. The number of piperazine rings is 1. The molecular weight excluding hydrogens is 472 g/mol. The molecule has 11 heteroatoms. The van der Waals surface area contributed by atoms with Gasteiger partial charge in [0.05, 0.1) is 5.69 Å². The molecule has 0 bridgehead atoms. The Balaban J connectivity index is 1.41. The van der Waals surface area contributed by atoms with E-state index in [2.05, 4.69) is 9.97 Å². The van der Waals surface area contributed by atoms with Crippen LogP contribution < -0.4 is 5.73 Å². The first-order chi connectivity index (χ1) is 16.2. The molecule has 0 atom stereocenters. The number of nitrogens with two attached hydrogens (primary N) is 1. The Bertz CT molecular complexity index is 1340. The third-order valence-corrected chi connectivity index (χ3v) is 8.19. The van der Waals surface area contributed by atoms with Crippen molar-refractivity contribution in [1.82, 2.24) is 19.2 Å². The zero-order valence-corrected chi connectivity index (χ0v) is 20.1. The van der Waals surface area contributed by atoms with Gasteiger partial charge >= 0.3 is 0 Å². The van der Waals surface area contributed by atoms with Gasteiger partial charge in [-0.1, -0.05) is 18.2 Å². The van der Waals surface area contributed by atoms with Gasteiger partial charge in [0.15, 0.2) is 0 Å². The fourth-order valence-corrected chi connectivity index (χ4v) is 5.78. The number of nitrogens with one attached hydrogen (secondary N) is 1. The average molecular weight is 497 g/mol. The van der Waals surface area contributed by atoms with E-state index in [9.17, 15) is 13.2 Å². The second-order valence-electron chi connectivity index (χ2n) is 7.75. The largest absolute Gasteiger partial charge is 0.384 e. The van der Waals surface area contributed by atoms with Crippen LogP contribution in [0.25, 0.3) is 16.6 Å². The zero-order chi connectivity index (χ0) is 24.3. The first-order valence-electron chi connectivity index (χ1n) is 10.5. The fourth-order valence-electron chi connectivity index (χ4n) is 3.56. The fraction of sp³-hybridized carbons (Fsp3) is 0.217. The molecular formula is C23H24N6O3S2. The number of thiazole rings is 1. The summed E-state index contributed by atoms with van der Waals surface area (Å²) >= 11 is 1.33. The highest BCUT2D eigenvalue weighted by molar-refractivity contribution is 7.92. The van der Waals surface area contributed by atoms with Crippen LogP contribution in [0.2, 0.25) is 0 Å². The summed E-state index contributed by atoms with van der Waals surface area (Å²) in [6.45, 7) is 2.82. The molecule has 3 heterocycles. The van der Waals surface area contributed by atoms with E-state index >= 15 is 0 Å². The second kappa shape index (κ2) is 9.84. The first-order valence-corrected chi connectivity index (χ1v) is 12.9. The summed E-state index contributed by atoms with van der Waals surface area (Å²) in [6, 6.07) is 10.5. The Morgan fingerprint density at radius 1 is 1.15 bits per heavy atom. The van der Waals surface area contributed by atoms with Gasteiger partial charge in [-0.05, 0) is 36.8 Å². The van der Waals surface area contributed by atoms with E-state index in [0.717, 1.165) is 16.0 Å². The Morgan fingerprint density at radius 2 is 1.85 bits per heavy atom. The third kappa shape index (κ3) is 5.22. The molecule has 1 saturated heterocycles. The number of benzene rings is 1. The molecule has 1 aromatic carbocycles. The maximum Gasteiger partial charge on any atom is 0.265 e. The summed E-state index contributed by atoms with van der Waals surface area (Å²) in [5.74, 6) is -0.216. The van der Waals surface area contributed by atoms with Crippen LogP contribution >= 0.6 is 11.3 Å². The number of carbonyl (C=O) groups excluding carboxylic acids is 1. The standard InChI is InChI=1S/C23H24N6O3S2/c1-16-20(33-22(27-16)18-5-8-26-9-6-18)23(30)28-10-12-29(13-11-28)34(31,32)14-7-17-3-2-4-19(15-17)21(24)25/h2-9,14-15H,10-13H2,1H3,(H3,24,25). The van der Waals surface area contributed by atoms with Gasteiger partial charge in [0, 0.05) is 55.1 Å². The highest BCUT2D eigenvalue weighted by Crippen LogP contribution is 2.28. The van der Waals surface area contributed by atoms with Crippen LogP contribution in [0, 0.1) is 12.3 Å². The van der Waals surface area contributed by atoms with E-state index in [4.69, 9.17) is 11.1 Å². The Morgan fingerprint density at radius 3 is 2.53 bits per heavy atom. The van der Waals surface area contributed by atoms with E-state index in [-0.39, 0.29) is 24.8 Å². The van der Waals surface area contributed by atoms with Crippen LogP contribution in [0.5, 0.6) is 0 Å². The SMILES string of the molecule is Cc1nc(-c2ccncc2)sc1C(=O)N1CCN(S(=O)(=O)C=Cc2cccc(C(=N)N)c2)CC1. The number of hydrogen-bond donors (Lipinski definition) is 2. The smallest absolute Gasteiger partial charge is 0.265 e. The maximum absolute atomic E-state index is 13.1. The van der Waals surface area contributed by atoms with E-state index in [1.54, 1.807) is 48.5 Å². The van der Waals surface area contributed by atoms with Crippen LogP contribution in [-0.2, 0) is 10.0 Å². The van der Waals surface area contributed by atoms with E-state index in [1.165, 1.54) is 21.7 Å². The minimum atomic E-state index is -3.65. The number of amides is 1. The number of rotatable bonds is 6. The van der Waals surface area contributed by atoms with Crippen molar-refractivity contribution in [2.24, 2.45) is 5.73 Å². The second-order valence-corrected chi connectivity index (χ2v) is 10.6. The van der Waals surface area contributed by atoms with Gasteiger partial charge in [0.2, 0.25) is 10.0 Å². The number of hydrogen-bond acceptors (Lipinski definition) is 7. The number of pyridine rings is 1. The van der Waals surface area contributed by atoms with Gasteiger partial charge < -0.3 is 10.6 Å². The summed E-state index contributed by atoms with van der Waals surface area (Å²) in [4.78, 5) is 23.9. The molecule has 0 unspecified atom stereocenters. The highest BCUT2D eigenvalue weighted by atomic mass is 32.2. The quantitative estimate of drug-likeness (QED) is 0.398. The van der Waals surface area contributed by atoms with E-state index < -0.39 is 10.0 Å². The average Bonchev–Trinajstić information content (AvgIpc) is 3.24. The lowest BCUT2D eigenvalue weighted by Crippen LogP contribution is -2.50. The number of nitrogen functional groups attached to an aromatic ring is 1. The number of carbonyl (C=O) groups is 1. The molecule has 1 amide bonds. The van der Waals surface area contributed by atoms with Gasteiger partial charge in [-0.3, -0.25) is 15.2 Å². The molecule has 3 N–H and O–H groups in total. The lowest BCUT2D eigenvalue weighted by atomic mass is 10.1. The summed E-state index contributed by atoms with van der Waals surface area (Å²) in [5, 5.41) is 9.41. The van der Waals surface area contributed by atoms with Gasteiger partial charge in [-0.2, -0.15) is 4.31 Å². The molecule has 0 aliphatic carbocycles. The summed E-state index contributed by atoms with van der Waals surface area (Å²) in [6.07, 6.45) is 4.85. The normalized spacial score (nSPS) is 15.0. The molecule has 1 aliphatic heterocycles.